The van der Waals surface area contributed by atoms with E-state index in [-0.39, 0.29) is 17.9 Å². The van der Waals surface area contributed by atoms with Gasteiger partial charge in [-0.2, -0.15) is 0 Å². The summed E-state index contributed by atoms with van der Waals surface area (Å²) in [5, 5.41) is 11.8. The maximum Gasteiger partial charge on any atom is 0.296 e. The first kappa shape index (κ1) is 19.3. The monoisotopic (exact) mass is 427 g/mol. The van der Waals surface area contributed by atoms with Crippen molar-refractivity contribution in [2.75, 3.05) is 0 Å². The molecule has 1 aliphatic heterocycles. The second kappa shape index (κ2) is 7.78. The Kier molecular flexibility index (Phi) is 5.18. The highest BCUT2D eigenvalue weighted by Gasteiger charge is 2.47. The van der Waals surface area contributed by atoms with Gasteiger partial charge in [-0.05, 0) is 48.0 Å². The van der Waals surface area contributed by atoms with Gasteiger partial charge in [0.25, 0.3) is 11.7 Å². The maximum absolute atomic E-state index is 12.9. The number of benzene rings is 2. The zero-order chi connectivity index (χ0) is 20.5. The zero-order valence-corrected chi connectivity index (χ0v) is 16.5. The van der Waals surface area contributed by atoms with Crippen LogP contribution in [0.3, 0.4) is 0 Å². The molecule has 0 bridgehead atoms. The highest BCUT2D eigenvalue weighted by molar-refractivity contribution is 6.47. The molecule has 0 radical (unpaired) electrons. The van der Waals surface area contributed by atoms with E-state index in [1.807, 2.05) is 0 Å². The van der Waals surface area contributed by atoms with E-state index in [0.29, 0.717) is 26.9 Å². The van der Waals surface area contributed by atoms with Crippen LogP contribution in [0.2, 0.25) is 10.0 Å². The number of Topliss-reactive ketones (excluding diaryl/α,β-unsaturated/α-hetero) is 1. The van der Waals surface area contributed by atoms with Crippen LogP contribution in [0, 0.1) is 0 Å². The van der Waals surface area contributed by atoms with Crippen molar-refractivity contribution in [1.29, 1.82) is 0 Å². The van der Waals surface area contributed by atoms with Gasteiger partial charge in [0, 0.05) is 15.6 Å². The number of aliphatic hydroxyl groups is 1. The van der Waals surface area contributed by atoms with Crippen LogP contribution < -0.4 is 0 Å². The predicted octanol–water partition coefficient (Wildman–Crippen LogP) is 5.21. The molecule has 5 nitrogen and oxygen atoms in total. The average Bonchev–Trinajstić information content (AvgIpc) is 3.31. The van der Waals surface area contributed by atoms with Crippen LogP contribution in [-0.4, -0.2) is 21.7 Å². The number of likely N-dealkylation sites (tertiary alicyclic amines) is 1. The van der Waals surface area contributed by atoms with Crippen molar-refractivity contribution in [3.05, 3.63) is 99.4 Å². The highest BCUT2D eigenvalue weighted by atomic mass is 35.5. The molecule has 2 aromatic carbocycles. The van der Waals surface area contributed by atoms with Crippen LogP contribution in [0.5, 0.6) is 0 Å². The number of nitrogens with zero attached hydrogens (tertiary/aromatic N) is 1. The van der Waals surface area contributed by atoms with Gasteiger partial charge in [-0.1, -0.05) is 41.4 Å². The Morgan fingerprint density at radius 1 is 1.00 bits per heavy atom. The number of carbonyl (C=O) groups is 2. The normalized spacial score (nSPS) is 18.4. The smallest absolute Gasteiger partial charge is 0.296 e. The van der Waals surface area contributed by atoms with E-state index in [0.717, 1.165) is 0 Å². The fraction of sp³-hybridized carbons (Fsp3) is 0.0909. The molecule has 1 N–H and O–H groups in total. The molecule has 0 spiro atoms. The molecule has 2 heterocycles. The van der Waals surface area contributed by atoms with Crippen LogP contribution in [0.25, 0.3) is 5.76 Å². The number of aliphatic hydroxyl groups excluding tert-OH is 1. The van der Waals surface area contributed by atoms with Crippen molar-refractivity contribution in [3.8, 4) is 0 Å². The van der Waals surface area contributed by atoms with Crippen LogP contribution in [0.15, 0.2) is 76.9 Å². The largest absolute Gasteiger partial charge is 0.507 e. The van der Waals surface area contributed by atoms with Gasteiger partial charge >= 0.3 is 0 Å². The number of ketones is 1. The molecule has 146 valence electrons. The summed E-state index contributed by atoms with van der Waals surface area (Å²) in [4.78, 5) is 27.1. The van der Waals surface area contributed by atoms with Gasteiger partial charge in [-0.15, -0.1) is 0 Å². The van der Waals surface area contributed by atoms with Crippen LogP contribution in [0.1, 0.15) is 22.9 Å². The molecule has 7 heteroatoms. The lowest BCUT2D eigenvalue weighted by Gasteiger charge is -2.25. The number of amides is 1. The summed E-state index contributed by atoms with van der Waals surface area (Å²) in [6.07, 6.45) is 1.49. The third kappa shape index (κ3) is 3.55. The quantitative estimate of drug-likeness (QED) is 0.352. The molecule has 1 aromatic heterocycles. The van der Waals surface area contributed by atoms with Crippen molar-refractivity contribution < 1.29 is 19.1 Å². The lowest BCUT2D eigenvalue weighted by Crippen LogP contribution is -2.29. The van der Waals surface area contributed by atoms with Gasteiger partial charge in [-0.25, -0.2) is 0 Å². The molecular formula is C22H15Cl2NO4. The minimum Gasteiger partial charge on any atom is -0.507 e. The van der Waals surface area contributed by atoms with Crippen molar-refractivity contribution in [2.24, 2.45) is 0 Å². The summed E-state index contributed by atoms with van der Waals surface area (Å²) in [6.45, 7) is 0.0604. The molecule has 3 aromatic rings. The molecule has 0 unspecified atom stereocenters. The maximum atomic E-state index is 12.9. The molecular weight excluding hydrogens is 413 g/mol. The Hall–Kier alpha value is -3.02. The van der Waals surface area contributed by atoms with Crippen LogP contribution in [0.4, 0.5) is 0 Å². The fourth-order valence-corrected chi connectivity index (χ4v) is 3.76. The first-order valence-corrected chi connectivity index (χ1v) is 9.54. The van der Waals surface area contributed by atoms with Crippen molar-refractivity contribution >= 4 is 40.7 Å². The van der Waals surface area contributed by atoms with E-state index in [2.05, 4.69) is 0 Å². The number of furan rings is 1. The Morgan fingerprint density at radius 2 is 1.72 bits per heavy atom. The predicted molar refractivity (Wildman–Crippen MR) is 109 cm³/mol. The van der Waals surface area contributed by atoms with E-state index < -0.39 is 17.7 Å². The second-order valence-corrected chi connectivity index (χ2v) is 7.38. The molecule has 1 amide bonds. The van der Waals surface area contributed by atoms with Gasteiger partial charge in [0.15, 0.2) is 0 Å². The number of hydrogen-bond donors (Lipinski definition) is 1. The number of halogens is 2. The molecule has 1 atom stereocenters. The first-order chi connectivity index (χ1) is 14.0. The van der Waals surface area contributed by atoms with E-state index >= 15 is 0 Å². The Labute approximate surface area is 176 Å². The molecule has 1 saturated heterocycles. The van der Waals surface area contributed by atoms with E-state index in [4.69, 9.17) is 27.6 Å². The van der Waals surface area contributed by atoms with Crippen molar-refractivity contribution in [1.82, 2.24) is 4.90 Å². The summed E-state index contributed by atoms with van der Waals surface area (Å²) in [6, 6.07) is 15.8. The molecule has 29 heavy (non-hydrogen) atoms. The van der Waals surface area contributed by atoms with E-state index in [1.54, 1.807) is 60.7 Å². The Bertz CT molecular complexity index is 1100. The minimum absolute atomic E-state index is 0.0306. The van der Waals surface area contributed by atoms with Gasteiger partial charge in [0.1, 0.15) is 11.5 Å². The molecule has 4 rings (SSSR count). The van der Waals surface area contributed by atoms with Gasteiger partial charge in [0.05, 0.1) is 24.4 Å². The third-order valence-corrected chi connectivity index (χ3v) is 5.36. The van der Waals surface area contributed by atoms with Crippen LogP contribution in [-0.2, 0) is 16.1 Å². The third-order valence-electron chi connectivity index (χ3n) is 4.76. The number of hydrogen-bond acceptors (Lipinski definition) is 4. The molecule has 1 fully saturated rings. The lowest BCUT2D eigenvalue weighted by molar-refractivity contribution is -0.140. The standard InChI is InChI=1S/C22H15Cl2NO4/c23-14-9-7-13(8-10-14)20(26)18-19(16-5-1-2-6-17(16)24)25(22(28)21(18)27)12-15-4-3-11-29-15/h1-11,19,26H,12H2/t19-/m0/s1. The zero-order valence-electron chi connectivity index (χ0n) is 15.0. The summed E-state index contributed by atoms with van der Waals surface area (Å²) < 4.78 is 5.36. The summed E-state index contributed by atoms with van der Waals surface area (Å²) >= 11 is 12.3. The van der Waals surface area contributed by atoms with Gasteiger partial charge in [-0.3, -0.25) is 9.59 Å². The van der Waals surface area contributed by atoms with Gasteiger partial charge < -0.3 is 14.4 Å². The summed E-state index contributed by atoms with van der Waals surface area (Å²) in [5.74, 6) is -1.29. The number of rotatable bonds is 4. The SMILES string of the molecule is O=C1C(=O)N(Cc2ccco2)[C@@H](c2ccccc2Cl)C1=C(O)c1ccc(Cl)cc1. The summed E-state index contributed by atoms with van der Waals surface area (Å²) in [7, 11) is 0. The minimum atomic E-state index is -0.857. The topological polar surface area (TPSA) is 70.8 Å². The van der Waals surface area contributed by atoms with Crippen molar-refractivity contribution in [3.63, 3.8) is 0 Å². The van der Waals surface area contributed by atoms with Crippen molar-refractivity contribution in [2.45, 2.75) is 12.6 Å². The van der Waals surface area contributed by atoms with E-state index in [9.17, 15) is 14.7 Å². The summed E-state index contributed by atoms with van der Waals surface area (Å²) in [5.41, 5.74) is 0.884. The molecule has 1 aliphatic rings. The second-order valence-electron chi connectivity index (χ2n) is 6.53. The fourth-order valence-electron chi connectivity index (χ4n) is 3.40. The highest BCUT2D eigenvalue weighted by Crippen LogP contribution is 2.42. The molecule has 0 aliphatic carbocycles. The van der Waals surface area contributed by atoms with Gasteiger partial charge in [0.2, 0.25) is 0 Å². The van der Waals surface area contributed by atoms with Crippen LogP contribution >= 0.6 is 23.2 Å². The number of carbonyl (C=O) groups excluding carboxylic acids is 2. The Morgan fingerprint density at radius 3 is 2.38 bits per heavy atom. The molecule has 0 saturated carbocycles. The van der Waals surface area contributed by atoms with E-state index in [1.165, 1.54) is 11.2 Å². The lowest BCUT2D eigenvalue weighted by atomic mass is 9.95. The first-order valence-electron chi connectivity index (χ1n) is 8.78. The average molecular weight is 428 g/mol. The Balaban J connectivity index is 1.89.